The fourth-order valence-electron chi connectivity index (χ4n) is 7.28. The van der Waals surface area contributed by atoms with E-state index in [1.807, 2.05) is 0 Å². The molecule has 3 atom stereocenters. The van der Waals surface area contributed by atoms with Crippen LogP contribution in [-0.2, 0) is 32.7 Å². The summed E-state index contributed by atoms with van der Waals surface area (Å²) in [5.74, 6) is -0.919. The molecule has 0 aromatic heterocycles. The summed E-state index contributed by atoms with van der Waals surface area (Å²) in [5, 5.41) is 18.4. The summed E-state index contributed by atoms with van der Waals surface area (Å²) in [6, 6.07) is 0. The van der Waals surface area contributed by atoms with Gasteiger partial charge in [0.05, 0.1) is 19.8 Å². The number of phosphoric ester groups is 1. The van der Waals surface area contributed by atoms with Gasteiger partial charge in [0.1, 0.15) is 12.7 Å². The van der Waals surface area contributed by atoms with E-state index in [-0.39, 0.29) is 19.4 Å². The number of unbranched alkanes of at least 4 members (excludes halogenated alkanes) is 32. The van der Waals surface area contributed by atoms with Crippen LogP contribution < -0.4 is 0 Å². The van der Waals surface area contributed by atoms with E-state index in [1.54, 1.807) is 0 Å². The predicted molar refractivity (Wildman–Crippen MR) is 247 cm³/mol. The van der Waals surface area contributed by atoms with Gasteiger partial charge in [0.15, 0.2) is 6.10 Å². The number of carbonyl (C=O) groups excluding carboxylic acids is 2. The Morgan fingerprint density at radius 3 is 1.20 bits per heavy atom. The lowest BCUT2D eigenvalue weighted by molar-refractivity contribution is -0.161. The maximum absolute atomic E-state index is 12.6. The molecular weight excluding hydrogens is 780 g/mol. The Bertz CT molecular complexity index is 1010. The predicted octanol–water partition coefficient (Wildman–Crippen LogP) is 14.0. The van der Waals surface area contributed by atoms with Gasteiger partial charge >= 0.3 is 19.8 Å². The molecule has 0 fully saturated rings. The van der Waals surface area contributed by atoms with E-state index in [9.17, 15) is 24.2 Å². The first-order valence-electron chi connectivity index (χ1n) is 25.1. The van der Waals surface area contributed by atoms with E-state index in [2.05, 4.69) is 26.0 Å². The largest absolute Gasteiger partial charge is 0.472 e. The average molecular weight is 875 g/mol. The molecule has 11 heteroatoms. The van der Waals surface area contributed by atoms with Crippen LogP contribution in [-0.4, -0.2) is 65.7 Å². The highest BCUT2D eigenvalue weighted by Crippen LogP contribution is 2.43. The van der Waals surface area contributed by atoms with Crippen molar-refractivity contribution in [3.05, 3.63) is 12.2 Å². The van der Waals surface area contributed by atoms with Crippen LogP contribution in [0.1, 0.15) is 251 Å². The van der Waals surface area contributed by atoms with Crippen LogP contribution >= 0.6 is 7.82 Å². The quantitative estimate of drug-likeness (QED) is 0.0233. The first kappa shape index (κ1) is 58.7. The van der Waals surface area contributed by atoms with Crippen molar-refractivity contribution in [3.63, 3.8) is 0 Å². The molecule has 0 aromatic carbocycles. The summed E-state index contributed by atoms with van der Waals surface area (Å²) < 4.78 is 32.8. The number of aliphatic hydroxyl groups excluding tert-OH is 2. The molecule has 0 spiro atoms. The fraction of sp³-hybridized carbons (Fsp3) is 0.918. The molecule has 356 valence electrons. The molecule has 60 heavy (non-hydrogen) atoms. The van der Waals surface area contributed by atoms with E-state index in [1.165, 1.54) is 161 Å². The summed E-state index contributed by atoms with van der Waals surface area (Å²) in [7, 11) is -4.62. The van der Waals surface area contributed by atoms with Crippen LogP contribution in [0.4, 0.5) is 0 Å². The topological polar surface area (TPSA) is 149 Å². The Hall–Kier alpha value is -1.29. The van der Waals surface area contributed by atoms with Crippen LogP contribution in [0.2, 0.25) is 0 Å². The number of allylic oxidation sites excluding steroid dienone is 2. The number of phosphoric acid groups is 1. The van der Waals surface area contributed by atoms with Crippen molar-refractivity contribution in [2.24, 2.45) is 0 Å². The van der Waals surface area contributed by atoms with Gasteiger partial charge in [0.2, 0.25) is 0 Å². The molecule has 0 radical (unpaired) electrons. The first-order chi connectivity index (χ1) is 29.2. The van der Waals surface area contributed by atoms with Crippen molar-refractivity contribution in [2.45, 2.75) is 264 Å². The molecule has 0 saturated carbocycles. The number of aliphatic hydroxyl groups is 2. The van der Waals surface area contributed by atoms with Gasteiger partial charge in [-0.1, -0.05) is 212 Å². The molecule has 0 aliphatic heterocycles. The Morgan fingerprint density at radius 1 is 0.483 bits per heavy atom. The van der Waals surface area contributed by atoms with Gasteiger partial charge in [-0.15, -0.1) is 0 Å². The van der Waals surface area contributed by atoms with Crippen LogP contribution in [0, 0.1) is 0 Å². The summed E-state index contributed by atoms with van der Waals surface area (Å²) in [4.78, 5) is 35.1. The van der Waals surface area contributed by atoms with Gasteiger partial charge in [-0.3, -0.25) is 18.6 Å². The highest BCUT2D eigenvalue weighted by atomic mass is 31.2. The molecular formula is C49H95O10P. The van der Waals surface area contributed by atoms with Crippen LogP contribution in [0.3, 0.4) is 0 Å². The average Bonchev–Trinajstić information content (AvgIpc) is 3.24. The summed E-state index contributed by atoms with van der Waals surface area (Å²) in [5.41, 5.74) is 0. The molecule has 0 aliphatic rings. The standard InChI is InChI=1S/C49H95O10P/c1-3-5-7-9-11-13-15-17-19-20-21-22-23-24-25-27-28-30-32-34-36-38-40-48(52)56-44-47(45-58-60(54,55)57-43-46(51)42-50)59-49(53)41-39-37-35-33-31-29-26-18-16-14-12-10-8-6-4-2/h18,26,46-47,50-51H,3-17,19-25,27-45H2,1-2H3,(H,54,55)/b26-18+/t46-,47-/m1/s1. The van der Waals surface area contributed by atoms with Crippen molar-refractivity contribution in [3.8, 4) is 0 Å². The molecule has 10 nitrogen and oxygen atoms in total. The normalized spacial score (nSPS) is 13.8. The minimum Gasteiger partial charge on any atom is -0.462 e. The zero-order valence-corrected chi connectivity index (χ0v) is 39.8. The lowest BCUT2D eigenvalue weighted by atomic mass is 10.0. The number of hydrogen-bond donors (Lipinski definition) is 3. The van der Waals surface area contributed by atoms with E-state index in [4.69, 9.17) is 23.6 Å². The minimum atomic E-state index is -4.62. The monoisotopic (exact) mass is 875 g/mol. The van der Waals surface area contributed by atoms with Crippen molar-refractivity contribution in [1.29, 1.82) is 0 Å². The molecule has 3 N–H and O–H groups in total. The van der Waals surface area contributed by atoms with E-state index in [0.717, 1.165) is 51.4 Å². The second-order valence-electron chi connectivity index (χ2n) is 17.2. The van der Waals surface area contributed by atoms with Crippen molar-refractivity contribution < 1.29 is 47.8 Å². The van der Waals surface area contributed by atoms with Gasteiger partial charge in [0, 0.05) is 12.8 Å². The fourth-order valence-corrected chi connectivity index (χ4v) is 8.07. The van der Waals surface area contributed by atoms with Gasteiger partial charge in [-0.25, -0.2) is 4.57 Å². The van der Waals surface area contributed by atoms with Crippen molar-refractivity contribution in [1.82, 2.24) is 0 Å². The van der Waals surface area contributed by atoms with E-state index < -0.39 is 51.8 Å². The van der Waals surface area contributed by atoms with Gasteiger partial charge in [-0.05, 0) is 38.5 Å². The maximum Gasteiger partial charge on any atom is 0.472 e. The third kappa shape index (κ3) is 44.8. The number of hydrogen-bond acceptors (Lipinski definition) is 9. The van der Waals surface area contributed by atoms with E-state index >= 15 is 0 Å². The second-order valence-corrected chi connectivity index (χ2v) is 18.7. The molecule has 1 unspecified atom stereocenters. The Labute approximate surface area is 368 Å². The zero-order chi connectivity index (χ0) is 44.0. The third-order valence-electron chi connectivity index (χ3n) is 11.2. The highest BCUT2D eigenvalue weighted by molar-refractivity contribution is 7.47. The molecule has 0 bridgehead atoms. The Morgan fingerprint density at radius 2 is 0.817 bits per heavy atom. The van der Waals surface area contributed by atoms with Gasteiger partial charge in [-0.2, -0.15) is 0 Å². The lowest BCUT2D eigenvalue weighted by Gasteiger charge is -2.20. The molecule has 0 amide bonds. The lowest BCUT2D eigenvalue weighted by Crippen LogP contribution is -2.29. The Kier molecular flexibility index (Phi) is 44.7. The van der Waals surface area contributed by atoms with Crippen LogP contribution in [0.25, 0.3) is 0 Å². The maximum atomic E-state index is 12.6. The summed E-state index contributed by atoms with van der Waals surface area (Å²) in [6.45, 7) is 2.42. The first-order valence-corrected chi connectivity index (χ1v) is 26.6. The SMILES string of the molecule is CCCCCCCC/C=C/CCCCCCCC(=O)O[C@H](COC(=O)CCCCCCCCCCCCCCCCCCCCCCCC)COP(=O)(O)OC[C@H](O)CO. The Balaban J connectivity index is 4.13. The molecule has 0 heterocycles. The molecule has 0 rings (SSSR count). The molecule has 0 saturated heterocycles. The second kappa shape index (κ2) is 45.7. The minimum absolute atomic E-state index is 0.179. The zero-order valence-electron chi connectivity index (χ0n) is 38.9. The number of esters is 2. The molecule has 0 aliphatic carbocycles. The van der Waals surface area contributed by atoms with E-state index in [0.29, 0.717) is 12.8 Å². The van der Waals surface area contributed by atoms with Crippen molar-refractivity contribution in [2.75, 3.05) is 26.4 Å². The number of ether oxygens (including phenoxy) is 2. The molecule has 0 aromatic rings. The van der Waals surface area contributed by atoms with Gasteiger partial charge < -0.3 is 24.6 Å². The third-order valence-corrected chi connectivity index (χ3v) is 12.1. The number of rotatable bonds is 48. The highest BCUT2D eigenvalue weighted by Gasteiger charge is 2.27. The summed E-state index contributed by atoms with van der Waals surface area (Å²) >= 11 is 0. The van der Waals surface area contributed by atoms with Crippen molar-refractivity contribution >= 4 is 19.8 Å². The summed E-state index contributed by atoms with van der Waals surface area (Å²) in [6.07, 6.45) is 46.1. The van der Waals surface area contributed by atoms with Crippen LogP contribution in [0.15, 0.2) is 12.2 Å². The smallest absolute Gasteiger partial charge is 0.462 e. The van der Waals surface area contributed by atoms with Gasteiger partial charge in [0.25, 0.3) is 0 Å². The van der Waals surface area contributed by atoms with Crippen LogP contribution in [0.5, 0.6) is 0 Å². The number of carbonyl (C=O) groups is 2.